The van der Waals surface area contributed by atoms with Gasteiger partial charge in [-0.1, -0.05) is 103 Å². The first kappa shape index (κ1) is 13.4. The van der Waals surface area contributed by atoms with Gasteiger partial charge in [0.1, 0.15) is 5.69 Å². The molecule has 5 rings (SSSR count). The first-order valence-electron chi connectivity index (χ1n) is 19.3. The lowest BCUT2D eigenvalue weighted by Crippen LogP contribution is -2.31. The van der Waals surface area contributed by atoms with Gasteiger partial charge < -0.3 is 0 Å². The van der Waals surface area contributed by atoms with Crippen molar-refractivity contribution in [1.29, 1.82) is 0 Å². The summed E-state index contributed by atoms with van der Waals surface area (Å²) >= 11 is 0. The number of nitrogens with zero attached hydrogens (tertiary/aromatic N) is 2. The van der Waals surface area contributed by atoms with Crippen LogP contribution in [-0.2, 0) is 12.5 Å². The van der Waals surface area contributed by atoms with Crippen LogP contribution in [0.1, 0.15) is 101 Å². The van der Waals surface area contributed by atoms with E-state index in [0.717, 1.165) is 40.1 Å². The Morgan fingerprint density at radius 2 is 1.41 bits per heavy atom. The second-order valence-electron chi connectivity index (χ2n) is 10.6. The Hall–Kier alpha value is -3.39. The average Bonchev–Trinajstić information content (AvgIpc) is 3.29. The third kappa shape index (κ3) is 4.07. The third-order valence-corrected chi connectivity index (χ3v) is 7.17. The quantitative estimate of drug-likeness (QED) is 0.216. The molecule has 0 radical (unpaired) electrons. The molecule has 0 saturated carbocycles. The molecule has 2 nitrogen and oxygen atoms in total. The fraction of sp³-hybridized carbons (Fsp3) is 0.343. The molecule has 0 atom stereocenters. The van der Waals surface area contributed by atoms with E-state index < -0.39 is 61.4 Å². The highest BCUT2D eigenvalue weighted by Gasteiger charge is 2.32. The number of hydrogen-bond acceptors (Lipinski definition) is 0. The first-order valence-corrected chi connectivity index (χ1v) is 12.3. The molecular formula is C35H41N2+. The molecule has 0 bridgehead atoms. The zero-order chi connectivity index (χ0) is 38.5. The average molecular weight is 504 g/mol. The van der Waals surface area contributed by atoms with Gasteiger partial charge in [-0.15, -0.1) is 0 Å². The predicted octanol–water partition coefficient (Wildman–Crippen LogP) is 9.13. The molecule has 1 heterocycles. The van der Waals surface area contributed by atoms with Crippen molar-refractivity contribution in [2.45, 2.75) is 72.3 Å². The number of aryl methyl sites for hydroxylation is 2. The molecule has 0 amide bonds. The minimum Gasteiger partial charge on any atom is -0.225 e. The van der Waals surface area contributed by atoms with Crippen molar-refractivity contribution in [2.24, 2.45) is 7.05 Å². The van der Waals surface area contributed by atoms with Gasteiger partial charge in [0, 0.05) is 30.3 Å². The van der Waals surface area contributed by atoms with E-state index in [4.69, 9.17) is 16.4 Å². The molecule has 0 fully saturated rings. The third-order valence-electron chi connectivity index (χ3n) is 7.17. The van der Waals surface area contributed by atoms with Crippen molar-refractivity contribution in [3.05, 3.63) is 95.1 Å². The molecule has 0 aliphatic rings. The molecule has 2 heteroatoms. The number of fused-ring (bicyclic) bond motifs is 2. The highest BCUT2D eigenvalue weighted by molar-refractivity contribution is 5.95. The van der Waals surface area contributed by atoms with Crippen LogP contribution in [0.2, 0.25) is 0 Å². The van der Waals surface area contributed by atoms with E-state index in [0.29, 0.717) is 22.4 Å². The van der Waals surface area contributed by atoms with Crippen LogP contribution in [0.25, 0.3) is 38.9 Å². The van der Waals surface area contributed by atoms with Crippen molar-refractivity contribution < 1.29 is 23.8 Å². The summed E-state index contributed by atoms with van der Waals surface area (Å²) in [6.45, 7) is -6.05. The zero-order valence-corrected chi connectivity index (χ0v) is 21.8. The Bertz CT molecular complexity index is 2060. The minimum absolute atomic E-state index is 0.329. The second-order valence-corrected chi connectivity index (χ2v) is 10.6. The molecule has 190 valence electrons. The summed E-state index contributed by atoms with van der Waals surface area (Å²) in [5.41, 5.74) is 1.03. The molecule has 4 aromatic carbocycles. The van der Waals surface area contributed by atoms with Crippen molar-refractivity contribution in [1.82, 2.24) is 4.57 Å². The normalized spacial score (nSPS) is 19.9. The summed E-state index contributed by atoms with van der Waals surface area (Å²) in [6, 6.07) is 20.0. The fourth-order valence-corrected chi connectivity index (χ4v) is 5.40. The number of benzene rings is 4. The highest BCUT2D eigenvalue weighted by Crippen LogP contribution is 2.41. The molecule has 1 aromatic heterocycles. The summed E-state index contributed by atoms with van der Waals surface area (Å²) in [5.74, 6) is -6.46. The fourth-order valence-electron chi connectivity index (χ4n) is 5.40. The Morgan fingerprint density at radius 1 is 0.811 bits per heavy atom. The molecule has 0 unspecified atom stereocenters. The molecule has 0 spiro atoms. The van der Waals surface area contributed by atoms with Crippen LogP contribution in [0.3, 0.4) is 0 Å². The van der Waals surface area contributed by atoms with E-state index in [1.165, 1.54) is 4.57 Å². The SMILES string of the molecule is [2H]C([2H])([2H])C([2H])(c1cccc(C([2H])(C([2H])([2H])[2H])C([2H])([2H])[2H])c1-n1c(-c2cc(C(C)(C)C)c3ccccc3c2C)[n+](C)c2ccccc21)C([2H])([2H])[2H]. The van der Waals surface area contributed by atoms with Crippen LogP contribution in [0.15, 0.2) is 72.8 Å². The van der Waals surface area contributed by atoms with Crippen LogP contribution in [-0.4, -0.2) is 4.57 Å². The maximum Gasteiger partial charge on any atom is 0.295 e. The number of hydrogen-bond donors (Lipinski definition) is 0. The lowest BCUT2D eigenvalue weighted by atomic mass is 9.81. The number of rotatable bonds is 4. The van der Waals surface area contributed by atoms with Crippen molar-refractivity contribution >= 4 is 21.8 Å². The summed E-state index contributed by atoms with van der Waals surface area (Å²) in [7, 11) is 1.74. The van der Waals surface area contributed by atoms with E-state index in [1.807, 2.05) is 37.3 Å². The van der Waals surface area contributed by atoms with Gasteiger partial charge in [0.25, 0.3) is 5.82 Å². The van der Waals surface area contributed by atoms with Crippen LogP contribution in [0, 0.1) is 6.92 Å². The van der Waals surface area contributed by atoms with Gasteiger partial charge >= 0.3 is 0 Å². The molecule has 37 heavy (non-hydrogen) atoms. The van der Waals surface area contributed by atoms with Crippen LogP contribution < -0.4 is 4.57 Å². The van der Waals surface area contributed by atoms with E-state index in [9.17, 15) is 2.74 Å². The number of imidazole rings is 1. The molecule has 0 aliphatic carbocycles. The van der Waals surface area contributed by atoms with Gasteiger partial charge in [-0.2, -0.15) is 4.57 Å². The van der Waals surface area contributed by atoms with E-state index in [2.05, 4.69) is 20.8 Å². The summed E-state index contributed by atoms with van der Waals surface area (Å²) in [6.07, 6.45) is 0. The van der Waals surface area contributed by atoms with Gasteiger partial charge in [0.2, 0.25) is 0 Å². The lowest BCUT2D eigenvalue weighted by molar-refractivity contribution is -0.633. The van der Waals surface area contributed by atoms with Gasteiger partial charge in [-0.05, 0) is 64.2 Å². The van der Waals surface area contributed by atoms with E-state index in [1.54, 1.807) is 35.9 Å². The number of aromatic nitrogens is 2. The molecule has 5 aromatic rings. The van der Waals surface area contributed by atoms with Crippen molar-refractivity contribution in [3.8, 4) is 17.1 Å². The maximum atomic E-state index is 9.34. The van der Waals surface area contributed by atoms with E-state index in [-0.39, 0.29) is 0 Å². The highest BCUT2D eigenvalue weighted by atomic mass is 15.2. The first-order chi connectivity index (χ1) is 23.1. The molecule has 0 saturated heterocycles. The van der Waals surface area contributed by atoms with Crippen molar-refractivity contribution in [2.75, 3.05) is 0 Å². The van der Waals surface area contributed by atoms with Crippen LogP contribution in [0.5, 0.6) is 0 Å². The Labute approximate surface area is 242 Å². The van der Waals surface area contributed by atoms with Gasteiger partial charge in [-0.3, -0.25) is 0 Å². The minimum atomic E-state index is -3.53. The molecule has 0 N–H and O–H groups in total. The summed E-state index contributed by atoms with van der Waals surface area (Å²) in [5, 5.41) is 1.88. The Morgan fingerprint density at radius 3 is 2.03 bits per heavy atom. The lowest BCUT2D eigenvalue weighted by Gasteiger charge is -2.24. The molecular weight excluding hydrogens is 448 g/mol. The van der Waals surface area contributed by atoms with Crippen LogP contribution >= 0.6 is 0 Å². The second kappa shape index (κ2) is 9.17. The number of para-hydroxylation sites is 3. The smallest absolute Gasteiger partial charge is 0.225 e. The van der Waals surface area contributed by atoms with Gasteiger partial charge in [0.15, 0.2) is 11.0 Å². The van der Waals surface area contributed by atoms with Gasteiger partial charge in [-0.25, -0.2) is 4.57 Å². The largest absolute Gasteiger partial charge is 0.295 e. The Balaban J connectivity index is 2.17. The summed E-state index contributed by atoms with van der Waals surface area (Å²) in [4.78, 5) is 0. The standard InChI is InChI=1S/C35H41N2/c1-22(2)25-17-14-18-26(23(3)4)33(25)37-32-20-13-12-19-31(32)36(9)34(37)29-21-30(35(6,7)8)28-16-11-10-15-27(28)24(29)5/h10-23H,1-9H3/q+1/i1D3,2D3,3D3,4D3,22D,23D. The Kier molecular flexibility index (Phi) is 3.33. The maximum absolute atomic E-state index is 9.34. The van der Waals surface area contributed by atoms with Crippen LogP contribution in [0.4, 0.5) is 0 Å². The zero-order valence-electron chi connectivity index (χ0n) is 35.8. The van der Waals surface area contributed by atoms with Crippen molar-refractivity contribution in [3.63, 3.8) is 0 Å². The monoisotopic (exact) mass is 503 g/mol. The predicted molar refractivity (Wildman–Crippen MR) is 159 cm³/mol. The van der Waals surface area contributed by atoms with Gasteiger partial charge in [0.05, 0.1) is 12.6 Å². The molecule has 0 aliphatic heterocycles. The topological polar surface area (TPSA) is 8.81 Å². The summed E-state index contributed by atoms with van der Waals surface area (Å²) < 4.78 is 123. The van der Waals surface area contributed by atoms with E-state index >= 15 is 0 Å².